The van der Waals surface area contributed by atoms with Crippen molar-refractivity contribution in [2.45, 2.75) is 44.3 Å². The van der Waals surface area contributed by atoms with Crippen LogP contribution in [0.15, 0.2) is 146 Å². The lowest BCUT2D eigenvalue weighted by atomic mass is 9.80. The topological polar surface area (TPSA) is 293 Å². The lowest BCUT2D eigenvalue weighted by molar-refractivity contribution is -0.339. The van der Waals surface area contributed by atoms with Crippen molar-refractivity contribution in [3.63, 3.8) is 0 Å². The number of carbonyl (C=O) groups is 2. The summed E-state index contributed by atoms with van der Waals surface area (Å²) in [6.07, 6.45) is -4.16. The summed E-state index contributed by atoms with van der Waals surface area (Å²) < 4.78 is 69.4. The number of methoxy groups -OCH3 is 2. The van der Waals surface area contributed by atoms with E-state index in [1.54, 1.807) is 123 Å². The van der Waals surface area contributed by atoms with Crippen molar-refractivity contribution in [1.82, 2.24) is 19.5 Å². The second kappa shape index (κ2) is 22.7. The zero-order valence-electron chi connectivity index (χ0n) is 39.6. The van der Waals surface area contributed by atoms with E-state index < -0.39 is 70.9 Å². The summed E-state index contributed by atoms with van der Waals surface area (Å²) in [5.74, 6) is -0.639. The van der Waals surface area contributed by atoms with E-state index in [1.807, 2.05) is 30.3 Å². The molecule has 0 bridgehead atoms. The van der Waals surface area contributed by atoms with Crippen LogP contribution >= 0.6 is 22.4 Å². The first-order chi connectivity index (χ1) is 35.3. The molecule has 0 aliphatic carbocycles. The van der Waals surface area contributed by atoms with Gasteiger partial charge in [-0.3, -0.25) is 27.9 Å². The summed E-state index contributed by atoms with van der Waals surface area (Å²) in [4.78, 5) is 91.0. The molecule has 1 aliphatic rings. The number of imidazole rings is 1. The van der Waals surface area contributed by atoms with Crippen molar-refractivity contribution in [3.05, 3.63) is 163 Å². The normalized spacial score (nSPS) is 17.6. The SMILES string of the molecule is COc1ccc(C(OC[C@H]2O[C@@H](n3cnc4c(OC(=O)N(c5ccccc5)c5ccccc5)nc(NC(=O)C(C)C)nc43)C[C@@H]2OP([O-])(=S)OP(=O)([O-])OP(=O)([O-])[O-])(c2ccccc2)c2ccc(OC)cc2)cc1. The highest BCUT2D eigenvalue weighted by Crippen LogP contribution is 2.62. The van der Waals surface area contributed by atoms with E-state index in [9.17, 15) is 38.3 Å². The molecule has 0 spiro atoms. The molecule has 74 heavy (non-hydrogen) atoms. The van der Waals surface area contributed by atoms with Crippen LogP contribution in [0.3, 0.4) is 0 Å². The Labute approximate surface area is 428 Å². The van der Waals surface area contributed by atoms with Gasteiger partial charge in [0.15, 0.2) is 11.2 Å². The fourth-order valence-electron chi connectivity index (χ4n) is 7.98. The number of nitrogens with one attached hydrogen (secondary N) is 1. The predicted molar refractivity (Wildman–Crippen MR) is 263 cm³/mol. The molecular formula is C48H45N6O16P3S-4. The van der Waals surface area contributed by atoms with Gasteiger partial charge in [0.05, 0.1) is 52.5 Å². The third-order valence-electron chi connectivity index (χ3n) is 11.3. The van der Waals surface area contributed by atoms with Gasteiger partial charge in [0.2, 0.25) is 11.9 Å². The number of hydrogen-bond donors (Lipinski definition) is 1. The first-order valence-corrected chi connectivity index (χ1v) is 27.8. The molecule has 26 heteroatoms. The van der Waals surface area contributed by atoms with E-state index in [4.69, 9.17) is 40.0 Å². The van der Waals surface area contributed by atoms with Crippen molar-refractivity contribution >= 4 is 74.7 Å². The van der Waals surface area contributed by atoms with Crippen molar-refractivity contribution in [1.29, 1.82) is 0 Å². The van der Waals surface area contributed by atoms with Crippen LogP contribution in [0.1, 0.15) is 43.2 Å². The van der Waals surface area contributed by atoms with Gasteiger partial charge < -0.3 is 52.3 Å². The molecule has 8 rings (SSSR count). The summed E-state index contributed by atoms with van der Waals surface area (Å²) in [6, 6.07) is 40.5. The highest BCUT2D eigenvalue weighted by molar-refractivity contribution is 8.07. The Kier molecular flexibility index (Phi) is 16.6. The van der Waals surface area contributed by atoms with Crippen LogP contribution in [0.25, 0.3) is 11.2 Å². The van der Waals surface area contributed by atoms with Gasteiger partial charge in [-0.1, -0.05) is 117 Å². The van der Waals surface area contributed by atoms with Crippen LogP contribution in [0.5, 0.6) is 17.4 Å². The summed E-state index contributed by atoms with van der Waals surface area (Å²) in [6.45, 7) is -2.53. The molecule has 7 aromatic rings. The molecule has 5 aromatic carbocycles. The van der Waals surface area contributed by atoms with Crippen molar-refractivity contribution in [2.24, 2.45) is 5.92 Å². The van der Waals surface area contributed by atoms with Gasteiger partial charge in [0.25, 0.3) is 13.7 Å². The van der Waals surface area contributed by atoms with Crippen LogP contribution in [-0.2, 0) is 54.0 Å². The zero-order chi connectivity index (χ0) is 52.8. The molecule has 388 valence electrons. The molecule has 2 unspecified atom stereocenters. The highest BCUT2D eigenvalue weighted by Gasteiger charge is 2.44. The standard InChI is InChI=1S/C48H49N6O16P3S/c1-31(2)44(55)51-46-50-43-42(45(52-46)67-47(56)54(35-16-10-6-11-17-35)36-18-12-7-13-19-36)49-30-53(43)41-28-39(68-73(62,74)70-72(60,61)69-71(57,58)59)40(66-41)29-65-48(32-14-8-5-9-15-32,33-20-24-37(63-3)25-21-33)34-22-26-38(64-4)27-23-34/h5-27,30-31,39-41H,28-29H2,1-4H3,(H,60,61)(H,62,74)(H2,57,58,59)(H,50,51,52,55)/p-4/t39-,40+,41+,73?/m0/s1. The molecule has 1 aliphatic heterocycles. The molecule has 1 saturated heterocycles. The van der Waals surface area contributed by atoms with Crippen LogP contribution in [0.2, 0.25) is 0 Å². The number of fused-ring (bicyclic) bond motifs is 1. The average Bonchev–Trinajstić information content (AvgIpc) is 3.98. The van der Waals surface area contributed by atoms with Gasteiger partial charge in [0.1, 0.15) is 36.2 Å². The molecule has 22 nitrogen and oxygen atoms in total. The molecule has 5 atom stereocenters. The fourth-order valence-corrected chi connectivity index (χ4v) is 12.1. The van der Waals surface area contributed by atoms with E-state index in [1.165, 1.54) is 30.0 Å². The molecule has 1 fully saturated rings. The van der Waals surface area contributed by atoms with E-state index in [0.717, 1.165) is 0 Å². The first-order valence-electron chi connectivity index (χ1n) is 22.3. The fraction of sp³-hybridized carbons (Fsp3) is 0.229. The first kappa shape index (κ1) is 54.0. The maximum absolute atomic E-state index is 14.3. The van der Waals surface area contributed by atoms with Crippen molar-refractivity contribution in [3.8, 4) is 17.4 Å². The number of phosphoric acid groups is 2. The van der Waals surface area contributed by atoms with Gasteiger partial charge in [-0.15, -0.1) is 0 Å². The molecule has 3 heterocycles. The summed E-state index contributed by atoms with van der Waals surface area (Å²) in [7, 11) is -9.42. The molecule has 2 aromatic heterocycles. The molecule has 0 radical (unpaired) electrons. The quantitative estimate of drug-likeness (QED) is 0.0640. The number of ether oxygens (including phenoxy) is 5. The molecule has 0 saturated carbocycles. The second-order valence-electron chi connectivity index (χ2n) is 16.5. The molecule has 1 N–H and O–H groups in total. The zero-order valence-corrected chi connectivity index (χ0v) is 43.1. The van der Waals surface area contributed by atoms with Gasteiger partial charge in [-0.25, -0.2) is 14.7 Å². The van der Waals surface area contributed by atoms with Crippen LogP contribution in [0, 0.1) is 5.92 Å². The largest absolute Gasteiger partial charge is 0.790 e. The number of nitrogens with zero attached hydrogens (tertiary/aromatic N) is 5. The van der Waals surface area contributed by atoms with Crippen LogP contribution in [0.4, 0.5) is 22.1 Å². The number of aromatic nitrogens is 4. The third kappa shape index (κ3) is 12.6. The second-order valence-corrected chi connectivity index (χ2v) is 22.1. The number of benzene rings is 5. The van der Waals surface area contributed by atoms with Gasteiger partial charge >= 0.3 is 6.09 Å². The van der Waals surface area contributed by atoms with Crippen LogP contribution in [-0.4, -0.2) is 64.6 Å². The summed E-state index contributed by atoms with van der Waals surface area (Å²) >= 11 is 4.96. The minimum absolute atomic E-state index is 0.0647. The van der Waals surface area contributed by atoms with Crippen LogP contribution < -0.4 is 44.0 Å². The highest BCUT2D eigenvalue weighted by atomic mass is 32.5. The monoisotopic (exact) mass is 1090 g/mol. The lowest BCUT2D eigenvalue weighted by Crippen LogP contribution is -2.38. The number of carbonyl (C=O) groups excluding carboxylic acids is 2. The van der Waals surface area contributed by atoms with Gasteiger partial charge in [0, 0.05) is 12.3 Å². The van der Waals surface area contributed by atoms with Crippen molar-refractivity contribution < 1.29 is 75.1 Å². The summed E-state index contributed by atoms with van der Waals surface area (Å²) in [5.41, 5.74) is 1.06. The predicted octanol–water partition coefficient (Wildman–Crippen LogP) is 6.37. The Morgan fingerprint density at radius 2 is 1.31 bits per heavy atom. The molecular weight excluding hydrogens is 1040 g/mol. The van der Waals surface area contributed by atoms with E-state index in [-0.39, 0.29) is 29.4 Å². The maximum Gasteiger partial charge on any atom is 0.425 e. The Balaban J connectivity index is 1.21. The van der Waals surface area contributed by atoms with Gasteiger partial charge in [-0.05, 0) is 65.2 Å². The Hall–Kier alpha value is -6.26. The minimum atomic E-state index is -6.25. The molecule has 2 amide bonds. The number of para-hydroxylation sites is 2. The Bertz CT molecular complexity index is 3140. The number of anilines is 3. The smallest absolute Gasteiger partial charge is 0.425 e. The third-order valence-corrected chi connectivity index (χ3v) is 15.9. The van der Waals surface area contributed by atoms with E-state index in [0.29, 0.717) is 39.6 Å². The number of hydrogen-bond acceptors (Lipinski definition) is 20. The summed E-state index contributed by atoms with van der Waals surface area (Å²) in [5, 5.41) is 2.62. The Morgan fingerprint density at radius 3 is 1.82 bits per heavy atom. The average molecular weight is 1090 g/mol. The number of amides is 2. The number of rotatable bonds is 20. The van der Waals surface area contributed by atoms with Gasteiger partial charge in [-0.2, -0.15) is 9.97 Å². The lowest BCUT2D eigenvalue weighted by Gasteiger charge is -2.40. The Morgan fingerprint density at radius 1 is 0.784 bits per heavy atom. The van der Waals surface area contributed by atoms with E-state index in [2.05, 4.69) is 28.9 Å². The maximum atomic E-state index is 14.3. The van der Waals surface area contributed by atoms with E-state index >= 15 is 0 Å². The van der Waals surface area contributed by atoms with Crippen molar-refractivity contribution in [2.75, 3.05) is 31.0 Å². The minimum Gasteiger partial charge on any atom is -0.790 e.